The summed E-state index contributed by atoms with van der Waals surface area (Å²) in [7, 11) is 0. The first-order chi connectivity index (χ1) is 6.36. The summed E-state index contributed by atoms with van der Waals surface area (Å²) >= 11 is 0. The van der Waals surface area contributed by atoms with Crippen molar-refractivity contribution in [2.75, 3.05) is 0 Å². The SMILES string of the molecule is OC1C=CC(c2ccccc2)=CC1. The third kappa shape index (κ3) is 1.87. The third-order valence-electron chi connectivity index (χ3n) is 2.18. The molecular formula is C12H12O. The van der Waals surface area contributed by atoms with Gasteiger partial charge in [-0.25, -0.2) is 0 Å². The predicted octanol–water partition coefficient (Wildman–Crippen LogP) is 2.39. The molecular weight excluding hydrogens is 160 g/mol. The number of allylic oxidation sites excluding steroid dienone is 2. The fourth-order valence-electron chi connectivity index (χ4n) is 1.45. The van der Waals surface area contributed by atoms with Gasteiger partial charge in [0, 0.05) is 0 Å². The summed E-state index contributed by atoms with van der Waals surface area (Å²) in [5.74, 6) is 0. The van der Waals surface area contributed by atoms with Crippen molar-refractivity contribution in [3.63, 3.8) is 0 Å². The highest BCUT2D eigenvalue weighted by molar-refractivity contribution is 5.74. The summed E-state index contributed by atoms with van der Waals surface area (Å²) in [4.78, 5) is 0. The molecule has 2 rings (SSSR count). The molecule has 0 saturated heterocycles. The van der Waals surface area contributed by atoms with E-state index in [0.29, 0.717) is 0 Å². The lowest BCUT2D eigenvalue weighted by atomic mass is 9.99. The molecule has 0 bridgehead atoms. The predicted molar refractivity (Wildman–Crippen MR) is 54.2 cm³/mol. The van der Waals surface area contributed by atoms with E-state index in [1.165, 1.54) is 11.1 Å². The Morgan fingerprint density at radius 1 is 1.15 bits per heavy atom. The van der Waals surface area contributed by atoms with Gasteiger partial charge in [0.15, 0.2) is 0 Å². The maximum Gasteiger partial charge on any atom is 0.0758 e. The number of hydrogen-bond donors (Lipinski definition) is 1. The molecule has 0 heterocycles. The fraction of sp³-hybridized carbons (Fsp3) is 0.167. The summed E-state index contributed by atoms with van der Waals surface area (Å²) < 4.78 is 0. The van der Waals surface area contributed by atoms with Crippen molar-refractivity contribution < 1.29 is 5.11 Å². The van der Waals surface area contributed by atoms with Crippen molar-refractivity contribution in [3.8, 4) is 0 Å². The number of benzene rings is 1. The zero-order chi connectivity index (χ0) is 9.10. The van der Waals surface area contributed by atoms with Crippen molar-refractivity contribution in [2.45, 2.75) is 12.5 Å². The molecule has 0 fully saturated rings. The summed E-state index contributed by atoms with van der Waals surface area (Å²) in [6.45, 7) is 0. The average molecular weight is 172 g/mol. The number of rotatable bonds is 1. The number of hydrogen-bond acceptors (Lipinski definition) is 1. The highest BCUT2D eigenvalue weighted by Crippen LogP contribution is 2.20. The van der Waals surface area contributed by atoms with Gasteiger partial charge in [0.1, 0.15) is 0 Å². The second kappa shape index (κ2) is 3.58. The molecule has 66 valence electrons. The molecule has 1 aromatic carbocycles. The second-order valence-electron chi connectivity index (χ2n) is 3.19. The molecule has 1 aliphatic carbocycles. The lowest BCUT2D eigenvalue weighted by Crippen LogP contribution is -2.03. The Labute approximate surface area is 78.0 Å². The van der Waals surface area contributed by atoms with E-state index in [9.17, 15) is 5.11 Å². The average Bonchev–Trinajstić information content (AvgIpc) is 2.20. The Hall–Kier alpha value is -1.34. The van der Waals surface area contributed by atoms with Crippen molar-refractivity contribution in [1.29, 1.82) is 0 Å². The van der Waals surface area contributed by atoms with Crippen LogP contribution in [0.25, 0.3) is 5.57 Å². The zero-order valence-electron chi connectivity index (χ0n) is 7.35. The summed E-state index contributed by atoms with van der Waals surface area (Å²) in [6, 6.07) is 10.2. The van der Waals surface area contributed by atoms with E-state index in [4.69, 9.17) is 0 Å². The van der Waals surface area contributed by atoms with Gasteiger partial charge in [0.05, 0.1) is 6.10 Å². The molecule has 0 aliphatic heterocycles. The van der Waals surface area contributed by atoms with Crippen LogP contribution >= 0.6 is 0 Å². The Bertz CT molecular complexity index is 335. The first-order valence-corrected chi connectivity index (χ1v) is 4.48. The van der Waals surface area contributed by atoms with Gasteiger partial charge in [-0.1, -0.05) is 48.6 Å². The molecule has 0 spiro atoms. The van der Waals surface area contributed by atoms with Crippen molar-refractivity contribution in [3.05, 3.63) is 54.1 Å². The van der Waals surface area contributed by atoms with Crippen LogP contribution in [0.2, 0.25) is 0 Å². The van der Waals surface area contributed by atoms with Crippen LogP contribution in [0.3, 0.4) is 0 Å². The van der Waals surface area contributed by atoms with Crippen LogP contribution < -0.4 is 0 Å². The lowest BCUT2D eigenvalue weighted by Gasteiger charge is -2.10. The van der Waals surface area contributed by atoms with Gasteiger partial charge >= 0.3 is 0 Å². The molecule has 13 heavy (non-hydrogen) atoms. The van der Waals surface area contributed by atoms with Crippen LogP contribution in [0.5, 0.6) is 0 Å². The van der Waals surface area contributed by atoms with E-state index >= 15 is 0 Å². The zero-order valence-corrected chi connectivity index (χ0v) is 7.35. The van der Waals surface area contributed by atoms with Gasteiger partial charge in [-0.15, -0.1) is 0 Å². The maximum atomic E-state index is 9.24. The van der Waals surface area contributed by atoms with Crippen molar-refractivity contribution in [1.82, 2.24) is 0 Å². The maximum absolute atomic E-state index is 9.24. The van der Waals surface area contributed by atoms with Crippen LogP contribution in [-0.4, -0.2) is 11.2 Å². The highest BCUT2D eigenvalue weighted by atomic mass is 16.3. The van der Waals surface area contributed by atoms with Crippen molar-refractivity contribution in [2.24, 2.45) is 0 Å². The van der Waals surface area contributed by atoms with Crippen LogP contribution in [0, 0.1) is 0 Å². The third-order valence-corrected chi connectivity index (χ3v) is 2.18. The normalized spacial score (nSPS) is 21.3. The van der Waals surface area contributed by atoms with E-state index in [2.05, 4.69) is 18.2 Å². The van der Waals surface area contributed by atoms with E-state index in [1.807, 2.05) is 30.4 Å². The topological polar surface area (TPSA) is 20.2 Å². The van der Waals surface area contributed by atoms with E-state index in [1.54, 1.807) is 0 Å². The minimum Gasteiger partial charge on any atom is -0.389 e. The summed E-state index contributed by atoms with van der Waals surface area (Å²) in [6.07, 6.45) is 6.31. The lowest BCUT2D eigenvalue weighted by molar-refractivity contribution is 0.226. The molecule has 1 unspecified atom stereocenters. The number of aliphatic hydroxyl groups is 1. The van der Waals surface area contributed by atoms with Gasteiger partial charge in [0.25, 0.3) is 0 Å². The van der Waals surface area contributed by atoms with E-state index < -0.39 is 0 Å². The van der Waals surface area contributed by atoms with Gasteiger partial charge in [0.2, 0.25) is 0 Å². The van der Waals surface area contributed by atoms with E-state index in [0.717, 1.165) is 6.42 Å². The summed E-state index contributed by atoms with van der Waals surface area (Å²) in [5, 5.41) is 9.24. The van der Waals surface area contributed by atoms with Gasteiger partial charge < -0.3 is 5.11 Å². The molecule has 1 aromatic rings. The molecule has 0 amide bonds. The van der Waals surface area contributed by atoms with Crippen molar-refractivity contribution >= 4 is 5.57 Å². The summed E-state index contributed by atoms with van der Waals surface area (Å²) in [5.41, 5.74) is 2.41. The quantitative estimate of drug-likeness (QED) is 0.689. The standard InChI is InChI=1S/C12H12O/c13-12-8-6-11(7-9-12)10-4-2-1-3-5-10/h1-8,12-13H,9H2. The minimum absolute atomic E-state index is 0.299. The molecule has 1 N–H and O–H groups in total. The molecule has 1 atom stereocenters. The Morgan fingerprint density at radius 3 is 2.54 bits per heavy atom. The molecule has 0 radical (unpaired) electrons. The Morgan fingerprint density at radius 2 is 1.92 bits per heavy atom. The first kappa shape index (κ1) is 8.27. The smallest absolute Gasteiger partial charge is 0.0758 e. The largest absolute Gasteiger partial charge is 0.389 e. The molecule has 0 aromatic heterocycles. The molecule has 0 saturated carbocycles. The van der Waals surface area contributed by atoms with Gasteiger partial charge in [-0.05, 0) is 17.6 Å². The van der Waals surface area contributed by atoms with Crippen LogP contribution in [-0.2, 0) is 0 Å². The highest BCUT2D eigenvalue weighted by Gasteiger charge is 2.05. The Kier molecular flexibility index (Phi) is 2.28. The molecule has 1 aliphatic rings. The van der Waals surface area contributed by atoms with Gasteiger partial charge in [-0.2, -0.15) is 0 Å². The number of aliphatic hydroxyl groups excluding tert-OH is 1. The van der Waals surface area contributed by atoms with Gasteiger partial charge in [-0.3, -0.25) is 0 Å². The molecule has 1 heteroatoms. The van der Waals surface area contributed by atoms with Crippen LogP contribution in [0.1, 0.15) is 12.0 Å². The van der Waals surface area contributed by atoms with Crippen LogP contribution in [0.4, 0.5) is 0 Å². The molecule has 1 nitrogen and oxygen atoms in total. The minimum atomic E-state index is -0.299. The monoisotopic (exact) mass is 172 g/mol. The fourth-order valence-corrected chi connectivity index (χ4v) is 1.45. The van der Waals surface area contributed by atoms with E-state index in [-0.39, 0.29) is 6.10 Å². The Balaban J connectivity index is 2.25. The van der Waals surface area contributed by atoms with Crippen LogP contribution in [0.15, 0.2) is 48.6 Å². The second-order valence-corrected chi connectivity index (χ2v) is 3.19. The first-order valence-electron chi connectivity index (χ1n) is 4.48.